The summed E-state index contributed by atoms with van der Waals surface area (Å²) in [5.74, 6) is 0.510. The molecule has 1 fully saturated rings. The molecule has 0 radical (unpaired) electrons. The van der Waals surface area contributed by atoms with Gasteiger partial charge in [-0.05, 0) is 0 Å². The predicted molar refractivity (Wildman–Crippen MR) is 50.3 cm³/mol. The van der Waals surface area contributed by atoms with Crippen LogP contribution in [0, 0.1) is 0 Å². The van der Waals surface area contributed by atoms with Gasteiger partial charge in [0, 0.05) is 19.6 Å². The van der Waals surface area contributed by atoms with Crippen molar-refractivity contribution in [2.45, 2.75) is 6.54 Å². The molecule has 7 heteroatoms. The highest BCUT2D eigenvalue weighted by Gasteiger charge is 2.21. The van der Waals surface area contributed by atoms with Gasteiger partial charge in [0.1, 0.15) is 0 Å². The second-order valence-corrected chi connectivity index (χ2v) is 5.69. The van der Waals surface area contributed by atoms with E-state index in [9.17, 15) is 8.42 Å². The topological polar surface area (TPSA) is 79.0 Å². The molecule has 1 aliphatic heterocycles. The van der Waals surface area contributed by atoms with Gasteiger partial charge in [-0.3, -0.25) is 4.90 Å². The summed E-state index contributed by atoms with van der Waals surface area (Å²) in [5.41, 5.74) is 0.851. The Morgan fingerprint density at radius 3 is 2.71 bits per heavy atom. The number of sulfone groups is 1. The summed E-state index contributed by atoms with van der Waals surface area (Å²) >= 11 is 0. The first-order valence-electron chi connectivity index (χ1n) is 4.43. The molecule has 0 aliphatic carbocycles. The lowest BCUT2D eigenvalue weighted by Gasteiger charge is -2.25. The van der Waals surface area contributed by atoms with Crippen LogP contribution in [0.3, 0.4) is 0 Å². The number of hydrogen-bond donors (Lipinski definition) is 1. The van der Waals surface area contributed by atoms with E-state index in [0.29, 0.717) is 19.6 Å². The maximum Gasteiger partial charge on any atom is 0.152 e. The van der Waals surface area contributed by atoms with E-state index in [-0.39, 0.29) is 11.5 Å². The molecule has 6 nitrogen and oxygen atoms in total. The lowest BCUT2D eigenvalue weighted by atomic mass is 10.4. The van der Waals surface area contributed by atoms with E-state index in [2.05, 4.69) is 20.3 Å². The minimum atomic E-state index is -2.78. The fraction of sp³-hybridized carbons (Fsp3) is 0.714. The van der Waals surface area contributed by atoms with Gasteiger partial charge in [-0.2, -0.15) is 15.4 Å². The molecule has 1 saturated heterocycles. The van der Waals surface area contributed by atoms with Crippen molar-refractivity contribution in [2.24, 2.45) is 0 Å². The van der Waals surface area contributed by atoms with Crippen LogP contribution in [-0.2, 0) is 16.4 Å². The maximum absolute atomic E-state index is 11.1. The largest absolute Gasteiger partial charge is 0.295 e. The molecule has 1 N–H and O–H groups in total. The third kappa shape index (κ3) is 2.30. The fourth-order valence-corrected chi connectivity index (χ4v) is 2.72. The molecule has 1 aromatic rings. The summed E-state index contributed by atoms with van der Waals surface area (Å²) in [6.07, 6.45) is 1.66. The van der Waals surface area contributed by atoms with E-state index in [0.717, 1.165) is 5.69 Å². The van der Waals surface area contributed by atoms with Gasteiger partial charge in [-0.25, -0.2) is 8.42 Å². The van der Waals surface area contributed by atoms with Crippen molar-refractivity contribution < 1.29 is 8.42 Å². The normalized spacial score (nSPS) is 22.3. The van der Waals surface area contributed by atoms with Gasteiger partial charge in [-0.1, -0.05) is 0 Å². The van der Waals surface area contributed by atoms with Crippen molar-refractivity contribution in [3.63, 3.8) is 0 Å². The zero-order valence-corrected chi connectivity index (χ0v) is 8.50. The molecule has 0 unspecified atom stereocenters. The first-order valence-corrected chi connectivity index (χ1v) is 6.25. The van der Waals surface area contributed by atoms with Crippen molar-refractivity contribution in [1.82, 2.24) is 20.3 Å². The number of rotatable bonds is 2. The third-order valence-corrected chi connectivity index (χ3v) is 3.90. The van der Waals surface area contributed by atoms with E-state index < -0.39 is 9.84 Å². The van der Waals surface area contributed by atoms with Crippen LogP contribution in [0.25, 0.3) is 0 Å². The van der Waals surface area contributed by atoms with Crippen LogP contribution in [0.15, 0.2) is 6.20 Å². The standard InChI is InChI=1S/C7H12N4O2S/c12-14(13)3-1-11(2-4-14)6-7-5-8-10-9-7/h5H,1-4,6H2,(H,8,9,10). The molecule has 2 rings (SSSR count). The predicted octanol–water partition coefficient (Wildman–Crippen LogP) is -0.965. The fourth-order valence-electron chi connectivity index (χ4n) is 1.44. The van der Waals surface area contributed by atoms with E-state index in [4.69, 9.17) is 0 Å². The Morgan fingerprint density at radius 2 is 2.14 bits per heavy atom. The molecule has 0 amide bonds. The molecule has 0 atom stereocenters. The zero-order valence-electron chi connectivity index (χ0n) is 7.68. The quantitative estimate of drug-likeness (QED) is 0.688. The van der Waals surface area contributed by atoms with Gasteiger partial charge in [0.25, 0.3) is 0 Å². The minimum absolute atomic E-state index is 0.255. The van der Waals surface area contributed by atoms with E-state index in [1.54, 1.807) is 6.20 Å². The Labute approximate surface area is 82.2 Å². The summed E-state index contributed by atoms with van der Waals surface area (Å²) < 4.78 is 22.3. The summed E-state index contributed by atoms with van der Waals surface area (Å²) in [6.45, 7) is 1.86. The van der Waals surface area contributed by atoms with Crippen LogP contribution in [0.4, 0.5) is 0 Å². The summed E-state index contributed by atoms with van der Waals surface area (Å²) in [7, 11) is -2.78. The molecular weight excluding hydrogens is 204 g/mol. The van der Waals surface area contributed by atoms with Gasteiger partial charge in [0.05, 0.1) is 23.4 Å². The Hall–Kier alpha value is -0.950. The van der Waals surface area contributed by atoms with Crippen molar-refractivity contribution in [3.8, 4) is 0 Å². The van der Waals surface area contributed by atoms with Gasteiger partial charge >= 0.3 is 0 Å². The zero-order chi connectivity index (χ0) is 10.0. The summed E-state index contributed by atoms with van der Waals surface area (Å²) in [6, 6.07) is 0. The highest BCUT2D eigenvalue weighted by Crippen LogP contribution is 2.06. The van der Waals surface area contributed by atoms with Gasteiger partial charge in [-0.15, -0.1) is 0 Å². The van der Waals surface area contributed by atoms with Gasteiger partial charge in [0.2, 0.25) is 0 Å². The Morgan fingerprint density at radius 1 is 1.43 bits per heavy atom. The molecule has 1 aliphatic rings. The monoisotopic (exact) mass is 216 g/mol. The lowest BCUT2D eigenvalue weighted by Crippen LogP contribution is -2.39. The van der Waals surface area contributed by atoms with Gasteiger partial charge < -0.3 is 0 Å². The van der Waals surface area contributed by atoms with Crippen LogP contribution in [0.1, 0.15) is 5.69 Å². The molecule has 0 spiro atoms. The second kappa shape index (κ2) is 3.66. The highest BCUT2D eigenvalue weighted by atomic mass is 32.2. The molecule has 0 bridgehead atoms. The maximum atomic E-state index is 11.1. The van der Waals surface area contributed by atoms with E-state index >= 15 is 0 Å². The van der Waals surface area contributed by atoms with Crippen molar-refractivity contribution in [3.05, 3.63) is 11.9 Å². The first kappa shape index (κ1) is 9.60. The van der Waals surface area contributed by atoms with E-state index in [1.165, 1.54) is 0 Å². The summed E-state index contributed by atoms with van der Waals surface area (Å²) in [4.78, 5) is 2.07. The van der Waals surface area contributed by atoms with E-state index in [1.807, 2.05) is 0 Å². The van der Waals surface area contributed by atoms with Crippen molar-refractivity contribution >= 4 is 9.84 Å². The Kier molecular flexibility index (Phi) is 2.51. The molecule has 2 heterocycles. The smallest absolute Gasteiger partial charge is 0.152 e. The number of aromatic nitrogens is 3. The van der Waals surface area contributed by atoms with Crippen LogP contribution < -0.4 is 0 Å². The number of aromatic amines is 1. The lowest BCUT2D eigenvalue weighted by molar-refractivity contribution is 0.284. The highest BCUT2D eigenvalue weighted by molar-refractivity contribution is 7.91. The number of hydrogen-bond acceptors (Lipinski definition) is 5. The number of H-pyrrole nitrogens is 1. The SMILES string of the molecule is O=S1(=O)CCN(Cc2cn[nH]n2)CC1. The third-order valence-electron chi connectivity index (χ3n) is 2.29. The minimum Gasteiger partial charge on any atom is -0.295 e. The van der Waals surface area contributed by atoms with Crippen LogP contribution in [0.2, 0.25) is 0 Å². The number of nitrogens with one attached hydrogen (secondary N) is 1. The molecule has 14 heavy (non-hydrogen) atoms. The molecule has 1 aromatic heterocycles. The first-order chi connectivity index (χ1) is 6.66. The molecule has 0 aromatic carbocycles. The van der Waals surface area contributed by atoms with Gasteiger partial charge in [0.15, 0.2) is 9.84 Å². The molecular formula is C7H12N4O2S. The second-order valence-electron chi connectivity index (χ2n) is 3.39. The van der Waals surface area contributed by atoms with Crippen LogP contribution in [0.5, 0.6) is 0 Å². The van der Waals surface area contributed by atoms with Crippen LogP contribution in [-0.4, -0.2) is 53.3 Å². The average molecular weight is 216 g/mol. The van der Waals surface area contributed by atoms with Crippen molar-refractivity contribution in [2.75, 3.05) is 24.6 Å². The van der Waals surface area contributed by atoms with Crippen molar-refractivity contribution in [1.29, 1.82) is 0 Å². The molecule has 78 valence electrons. The summed E-state index contributed by atoms with van der Waals surface area (Å²) in [5, 5.41) is 10.1. The Bertz CT molecular complexity index is 372. The average Bonchev–Trinajstić information content (AvgIpc) is 2.61. The Balaban J connectivity index is 1.91. The van der Waals surface area contributed by atoms with Crippen LogP contribution >= 0.6 is 0 Å². The molecule has 0 saturated carbocycles. The number of nitrogens with zero attached hydrogens (tertiary/aromatic N) is 3.